The first kappa shape index (κ1) is 24.2. The van der Waals surface area contributed by atoms with Crippen LogP contribution in [0.5, 0.6) is 0 Å². The van der Waals surface area contributed by atoms with Gasteiger partial charge >= 0.3 is 0 Å². The summed E-state index contributed by atoms with van der Waals surface area (Å²) in [4.78, 5) is 0. The summed E-state index contributed by atoms with van der Waals surface area (Å²) < 4.78 is 0. The molecule has 192 valence electrons. The van der Waals surface area contributed by atoms with Crippen molar-refractivity contribution in [3.63, 3.8) is 0 Å². The molecular formula is C39H36. The van der Waals surface area contributed by atoms with Crippen molar-refractivity contribution in [3.8, 4) is 44.5 Å². The zero-order valence-electron chi connectivity index (χ0n) is 24.2. The Balaban J connectivity index is 1.32. The fraction of sp³-hybridized carbons (Fsp3) is 0.231. The zero-order chi connectivity index (χ0) is 27.3. The van der Waals surface area contributed by atoms with Crippen LogP contribution in [-0.4, -0.2) is 0 Å². The number of benzene rings is 5. The van der Waals surface area contributed by atoms with E-state index in [4.69, 9.17) is 0 Å². The molecule has 2 aliphatic rings. The van der Waals surface area contributed by atoms with Crippen molar-refractivity contribution in [2.45, 2.75) is 59.3 Å². The van der Waals surface area contributed by atoms with Gasteiger partial charge in [-0.05, 0) is 111 Å². The Bertz CT molecular complexity index is 1690. The van der Waals surface area contributed by atoms with Crippen LogP contribution in [0.2, 0.25) is 0 Å². The monoisotopic (exact) mass is 504 g/mol. The molecular weight excluding hydrogens is 468 g/mol. The van der Waals surface area contributed by atoms with Gasteiger partial charge in [-0.2, -0.15) is 0 Å². The Morgan fingerprint density at radius 1 is 0.333 bits per heavy atom. The molecule has 0 spiro atoms. The minimum absolute atomic E-state index is 0.00171. The normalized spacial score (nSPS) is 15.5. The molecule has 5 aromatic carbocycles. The summed E-state index contributed by atoms with van der Waals surface area (Å²) in [5.41, 5.74) is 20.4. The molecule has 0 heterocycles. The molecule has 0 radical (unpaired) electrons. The molecule has 39 heavy (non-hydrogen) atoms. The Kier molecular flexibility index (Phi) is 4.99. The van der Waals surface area contributed by atoms with Crippen molar-refractivity contribution in [3.05, 3.63) is 130 Å². The second-order valence-electron chi connectivity index (χ2n) is 13.0. The van der Waals surface area contributed by atoms with Crippen molar-refractivity contribution in [1.82, 2.24) is 0 Å². The maximum absolute atomic E-state index is 2.44. The summed E-state index contributed by atoms with van der Waals surface area (Å²) in [6.07, 6.45) is 0. The first-order valence-electron chi connectivity index (χ1n) is 14.2. The third kappa shape index (κ3) is 3.51. The van der Waals surface area contributed by atoms with E-state index in [2.05, 4.69) is 139 Å². The maximum atomic E-state index is 2.44. The fourth-order valence-electron chi connectivity index (χ4n) is 7.18. The summed E-state index contributed by atoms with van der Waals surface area (Å²) >= 11 is 0. The number of rotatable bonds is 2. The predicted octanol–water partition coefficient (Wildman–Crippen LogP) is 10.6. The first-order valence-corrected chi connectivity index (χ1v) is 14.2. The summed E-state index contributed by atoms with van der Waals surface area (Å²) in [5.74, 6) is 0. The van der Waals surface area contributed by atoms with Crippen molar-refractivity contribution in [2.75, 3.05) is 0 Å². The fourth-order valence-corrected chi connectivity index (χ4v) is 7.18. The van der Waals surface area contributed by atoms with E-state index in [9.17, 15) is 0 Å². The summed E-state index contributed by atoms with van der Waals surface area (Å²) in [6.45, 7) is 16.1. The van der Waals surface area contributed by atoms with E-state index in [1.807, 2.05) is 0 Å². The molecule has 0 heteroatoms. The van der Waals surface area contributed by atoms with E-state index in [1.54, 1.807) is 0 Å². The molecule has 0 bridgehead atoms. The third-order valence-corrected chi connectivity index (χ3v) is 9.41. The van der Waals surface area contributed by atoms with Crippen LogP contribution in [-0.2, 0) is 10.8 Å². The second kappa shape index (κ2) is 8.06. The van der Waals surface area contributed by atoms with Gasteiger partial charge < -0.3 is 0 Å². The molecule has 5 aromatic rings. The van der Waals surface area contributed by atoms with Gasteiger partial charge in [0.25, 0.3) is 0 Å². The lowest BCUT2D eigenvalue weighted by Crippen LogP contribution is -2.15. The highest BCUT2D eigenvalue weighted by molar-refractivity contribution is 5.86. The molecule has 0 amide bonds. The molecule has 7 rings (SSSR count). The van der Waals surface area contributed by atoms with Gasteiger partial charge in [0, 0.05) is 10.8 Å². The third-order valence-electron chi connectivity index (χ3n) is 9.41. The molecule has 0 N–H and O–H groups in total. The standard InChI is InChI=1S/C39H36/c1-23-8-12-30-32-14-10-26(21-36(32)38(4,5)34(30)18-23)28-16-25(3)17-29(20-28)27-11-15-33-31-13-9-24(2)19-35(31)39(6,7)37(33)22-27/h8-22H,1-7H3. The highest BCUT2D eigenvalue weighted by Crippen LogP contribution is 2.51. The minimum atomic E-state index is -0.00171. The highest BCUT2D eigenvalue weighted by atomic mass is 14.4. The summed E-state index contributed by atoms with van der Waals surface area (Å²) in [6, 6.07) is 35.1. The topological polar surface area (TPSA) is 0 Å². The van der Waals surface area contributed by atoms with Crippen LogP contribution in [0.4, 0.5) is 0 Å². The summed E-state index contributed by atoms with van der Waals surface area (Å²) in [7, 11) is 0. The number of aryl methyl sites for hydroxylation is 3. The van der Waals surface area contributed by atoms with E-state index in [0.29, 0.717) is 0 Å². The van der Waals surface area contributed by atoms with Crippen LogP contribution in [0, 0.1) is 20.8 Å². The molecule has 0 atom stereocenters. The smallest absolute Gasteiger partial charge is 0.0159 e. The van der Waals surface area contributed by atoms with Crippen LogP contribution >= 0.6 is 0 Å². The number of hydrogen-bond donors (Lipinski definition) is 0. The minimum Gasteiger partial charge on any atom is -0.0587 e. The largest absolute Gasteiger partial charge is 0.0587 e. The second-order valence-corrected chi connectivity index (χ2v) is 13.0. The van der Waals surface area contributed by atoms with Crippen LogP contribution in [0.25, 0.3) is 44.5 Å². The molecule has 0 aromatic heterocycles. The van der Waals surface area contributed by atoms with E-state index in [0.717, 1.165) is 0 Å². The lowest BCUT2D eigenvalue weighted by molar-refractivity contribution is 0.660. The summed E-state index contributed by atoms with van der Waals surface area (Å²) in [5, 5.41) is 0. The number of fused-ring (bicyclic) bond motifs is 6. The highest BCUT2D eigenvalue weighted by Gasteiger charge is 2.36. The first-order chi connectivity index (χ1) is 18.5. The van der Waals surface area contributed by atoms with Crippen LogP contribution < -0.4 is 0 Å². The van der Waals surface area contributed by atoms with Gasteiger partial charge in [0.15, 0.2) is 0 Å². The average Bonchev–Trinajstić information content (AvgIpc) is 3.26. The molecule has 0 saturated carbocycles. The van der Waals surface area contributed by atoms with Gasteiger partial charge in [-0.3, -0.25) is 0 Å². The van der Waals surface area contributed by atoms with Crippen LogP contribution in [0.3, 0.4) is 0 Å². The van der Waals surface area contributed by atoms with E-state index >= 15 is 0 Å². The van der Waals surface area contributed by atoms with Crippen molar-refractivity contribution >= 4 is 0 Å². The lowest BCUT2D eigenvalue weighted by Gasteiger charge is -2.23. The van der Waals surface area contributed by atoms with Gasteiger partial charge in [0.1, 0.15) is 0 Å². The Morgan fingerprint density at radius 2 is 0.692 bits per heavy atom. The quantitative estimate of drug-likeness (QED) is 0.224. The Labute approximate surface area is 233 Å². The van der Waals surface area contributed by atoms with Crippen LogP contribution in [0.15, 0.2) is 91.0 Å². The van der Waals surface area contributed by atoms with Crippen molar-refractivity contribution in [1.29, 1.82) is 0 Å². The van der Waals surface area contributed by atoms with E-state index in [-0.39, 0.29) is 10.8 Å². The van der Waals surface area contributed by atoms with Gasteiger partial charge in [-0.1, -0.05) is 112 Å². The Hall–Kier alpha value is -3.90. The van der Waals surface area contributed by atoms with Crippen molar-refractivity contribution in [2.24, 2.45) is 0 Å². The molecule has 0 fully saturated rings. The van der Waals surface area contributed by atoms with Gasteiger partial charge in [-0.25, -0.2) is 0 Å². The Morgan fingerprint density at radius 3 is 1.10 bits per heavy atom. The van der Waals surface area contributed by atoms with Gasteiger partial charge in [0.2, 0.25) is 0 Å². The SMILES string of the molecule is Cc1cc(-c2ccc3c(c2)C(C)(C)c2cc(C)ccc2-3)cc(-c2ccc3c(c2)C(C)(C)c2cc(C)ccc2-3)c1. The predicted molar refractivity (Wildman–Crippen MR) is 167 cm³/mol. The zero-order valence-corrected chi connectivity index (χ0v) is 24.2. The maximum Gasteiger partial charge on any atom is 0.0159 e. The molecule has 0 nitrogen and oxygen atoms in total. The molecule has 0 saturated heterocycles. The number of hydrogen-bond acceptors (Lipinski definition) is 0. The van der Waals surface area contributed by atoms with E-state index in [1.165, 1.54) is 83.5 Å². The average molecular weight is 505 g/mol. The van der Waals surface area contributed by atoms with Crippen LogP contribution in [0.1, 0.15) is 66.6 Å². The van der Waals surface area contributed by atoms with E-state index < -0.39 is 0 Å². The lowest BCUT2D eigenvalue weighted by atomic mass is 9.80. The van der Waals surface area contributed by atoms with Crippen molar-refractivity contribution < 1.29 is 0 Å². The molecule has 0 aliphatic heterocycles. The van der Waals surface area contributed by atoms with Gasteiger partial charge in [-0.15, -0.1) is 0 Å². The molecule has 2 aliphatic carbocycles. The molecule has 0 unspecified atom stereocenters. The van der Waals surface area contributed by atoms with Gasteiger partial charge in [0.05, 0.1) is 0 Å².